The lowest BCUT2D eigenvalue weighted by Gasteiger charge is -1.92. The summed E-state index contributed by atoms with van der Waals surface area (Å²) in [6.45, 7) is 0. The zero-order valence-corrected chi connectivity index (χ0v) is 16.4. The number of hydrogen-bond acceptors (Lipinski definition) is 4. The molecule has 128 valence electrons. The van der Waals surface area contributed by atoms with Crippen LogP contribution in [0, 0.1) is 0 Å². The molecular formula is C19H11BrClN3OS. The molecule has 0 aliphatic heterocycles. The van der Waals surface area contributed by atoms with E-state index in [0.717, 1.165) is 15.6 Å². The summed E-state index contributed by atoms with van der Waals surface area (Å²) in [5.74, 6) is 0.498. The molecule has 0 aliphatic rings. The van der Waals surface area contributed by atoms with Crippen LogP contribution in [0.3, 0.4) is 0 Å². The van der Waals surface area contributed by atoms with Gasteiger partial charge >= 0.3 is 0 Å². The maximum Gasteiger partial charge on any atom is 0.291 e. The molecule has 2 aromatic carbocycles. The molecule has 0 fully saturated rings. The summed E-state index contributed by atoms with van der Waals surface area (Å²) in [7, 11) is 0. The van der Waals surface area contributed by atoms with E-state index in [0.29, 0.717) is 20.3 Å². The van der Waals surface area contributed by atoms with Crippen LogP contribution in [0.1, 0.15) is 17.0 Å². The van der Waals surface area contributed by atoms with Crippen LogP contribution in [0.15, 0.2) is 57.8 Å². The van der Waals surface area contributed by atoms with Gasteiger partial charge in [-0.05, 0) is 47.5 Å². The second kappa shape index (κ2) is 7.15. The van der Waals surface area contributed by atoms with Gasteiger partial charge in [-0.25, -0.2) is 0 Å². The van der Waals surface area contributed by atoms with Crippen LogP contribution in [0.2, 0.25) is 5.02 Å². The van der Waals surface area contributed by atoms with Crippen LogP contribution >= 0.6 is 38.9 Å². The molecule has 0 atom stereocenters. The first-order chi connectivity index (χ1) is 12.6. The highest BCUT2D eigenvalue weighted by atomic mass is 79.9. The molecule has 0 spiro atoms. The highest BCUT2D eigenvalue weighted by Crippen LogP contribution is 2.13. The number of fused-ring (bicyclic) bond motifs is 1. The summed E-state index contributed by atoms with van der Waals surface area (Å²) in [5.41, 5.74) is 1.77. The van der Waals surface area contributed by atoms with E-state index in [9.17, 15) is 4.79 Å². The highest BCUT2D eigenvalue weighted by molar-refractivity contribution is 9.10. The quantitative estimate of drug-likeness (QED) is 0.474. The third-order valence-corrected chi connectivity index (χ3v) is 5.34. The van der Waals surface area contributed by atoms with E-state index >= 15 is 0 Å². The fourth-order valence-corrected chi connectivity index (χ4v) is 3.87. The zero-order valence-electron chi connectivity index (χ0n) is 13.3. The molecule has 4 aromatic rings. The molecular weight excluding hydrogens is 434 g/mol. The summed E-state index contributed by atoms with van der Waals surface area (Å²) >= 11 is 10.6. The summed E-state index contributed by atoms with van der Waals surface area (Å²) in [6, 6.07) is 15.2. The third-order valence-electron chi connectivity index (χ3n) is 3.64. The summed E-state index contributed by atoms with van der Waals surface area (Å²) < 4.78 is 2.91. The van der Waals surface area contributed by atoms with Crippen molar-refractivity contribution in [3.8, 4) is 0 Å². The average Bonchev–Trinajstić information content (AvgIpc) is 3.14. The molecule has 4 nitrogen and oxygen atoms in total. The first-order valence-corrected chi connectivity index (χ1v) is 9.68. The van der Waals surface area contributed by atoms with Crippen molar-refractivity contribution >= 4 is 62.1 Å². The van der Waals surface area contributed by atoms with Gasteiger partial charge in [0, 0.05) is 9.50 Å². The van der Waals surface area contributed by atoms with Crippen molar-refractivity contribution in [1.82, 2.24) is 14.6 Å². The Balaban J connectivity index is 1.67. The van der Waals surface area contributed by atoms with Gasteiger partial charge in [0.2, 0.25) is 4.96 Å². The number of hydrogen-bond donors (Lipinski definition) is 0. The highest BCUT2D eigenvalue weighted by Gasteiger charge is 2.08. The minimum atomic E-state index is -0.163. The van der Waals surface area contributed by atoms with Crippen molar-refractivity contribution in [3.63, 3.8) is 0 Å². The van der Waals surface area contributed by atoms with E-state index < -0.39 is 0 Å². The van der Waals surface area contributed by atoms with E-state index in [1.165, 1.54) is 15.9 Å². The van der Waals surface area contributed by atoms with Crippen molar-refractivity contribution < 1.29 is 0 Å². The van der Waals surface area contributed by atoms with Gasteiger partial charge in [-0.1, -0.05) is 69.2 Å². The zero-order chi connectivity index (χ0) is 18.1. The number of halogens is 2. The molecule has 26 heavy (non-hydrogen) atoms. The number of aromatic nitrogens is 3. The van der Waals surface area contributed by atoms with Gasteiger partial charge < -0.3 is 0 Å². The fourth-order valence-electron chi connectivity index (χ4n) is 2.41. The fraction of sp³-hybridized carbons (Fsp3) is 0. The van der Waals surface area contributed by atoms with E-state index in [2.05, 4.69) is 26.0 Å². The molecule has 2 heterocycles. The molecule has 0 saturated heterocycles. The van der Waals surface area contributed by atoms with Crippen LogP contribution in [0.25, 0.3) is 23.2 Å². The first kappa shape index (κ1) is 17.1. The minimum Gasteiger partial charge on any atom is -0.266 e. The Morgan fingerprint density at radius 2 is 1.88 bits per heavy atom. The second-order valence-corrected chi connectivity index (χ2v) is 7.88. The summed E-state index contributed by atoms with van der Waals surface area (Å²) in [5, 5.41) is 4.97. The molecule has 0 N–H and O–H groups in total. The first-order valence-electron chi connectivity index (χ1n) is 7.69. The normalized spacial score (nSPS) is 12.5. The number of rotatable bonds is 3. The Labute approximate surface area is 166 Å². The lowest BCUT2D eigenvalue weighted by molar-refractivity contribution is 0.925. The molecule has 0 amide bonds. The van der Waals surface area contributed by atoms with Crippen LogP contribution in [-0.4, -0.2) is 14.6 Å². The third kappa shape index (κ3) is 3.62. The van der Waals surface area contributed by atoms with Crippen molar-refractivity contribution in [2.45, 2.75) is 0 Å². The molecule has 4 rings (SSSR count). The Kier molecular flexibility index (Phi) is 4.72. The maximum atomic E-state index is 12.5. The van der Waals surface area contributed by atoms with Crippen LogP contribution in [0.4, 0.5) is 0 Å². The molecule has 0 bridgehead atoms. The standard InChI is InChI=1S/C19H11BrClN3OS/c20-14-3-1-2-13(10-14)11-16-18(25)24-19(26-16)22-17(23-24)9-6-12-4-7-15(21)8-5-12/h1-11H/b9-6+,16-11+. The Morgan fingerprint density at radius 1 is 1.08 bits per heavy atom. The molecule has 0 aliphatic carbocycles. The molecule has 2 aromatic heterocycles. The molecule has 0 unspecified atom stereocenters. The Bertz CT molecular complexity index is 1230. The SMILES string of the molecule is O=c1/c(=C\c2cccc(Br)c2)sc2nc(/C=C/c3ccc(Cl)cc3)nn12. The van der Waals surface area contributed by atoms with Gasteiger partial charge in [0.25, 0.3) is 5.56 Å². The van der Waals surface area contributed by atoms with Crippen molar-refractivity contribution in [1.29, 1.82) is 0 Å². The average molecular weight is 445 g/mol. The summed E-state index contributed by atoms with van der Waals surface area (Å²) in [4.78, 5) is 17.5. The Hall–Kier alpha value is -2.28. The monoisotopic (exact) mass is 443 g/mol. The number of thiazole rings is 1. The van der Waals surface area contributed by atoms with Gasteiger partial charge in [-0.3, -0.25) is 4.79 Å². The predicted molar refractivity (Wildman–Crippen MR) is 110 cm³/mol. The van der Waals surface area contributed by atoms with Crippen LogP contribution in [0.5, 0.6) is 0 Å². The van der Waals surface area contributed by atoms with Crippen molar-refractivity contribution in [2.24, 2.45) is 0 Å². The molecule has 0 radical (unpaired) electrons. The van der Waals surface area contributed by atoms with Crippen molar-refractivity contribution in [3.05, 3.63) is 89.9 Å². The molecule has 0 saturated carbocycles. The lowest BCUT2D eigenvalue weighted by Crippen LogP contribution is -2.23. The van der Waals surface area contributed by atoms with E-state index in [-0.39, 0.29) is 5.56 Å². The smallest absolute Gasteiger partial charge is 0.266 e. The topological polar surface area (TPSA) is 47.3 Å². The second-order valence-electron chi connectivity index (χ2n) is 5.52. The lowest BCUT2D eigenvalue weighted by atomic mass is 10.2. The van der Waals surface area contributed by atoms with E-state index in [4.69, 9.17) is 11.6 Å². The summed E-state index contributed by atoms with van der Waals surface area (Å²) in [6.07, 6.45) is 5.51. The number of benzene rings is 2. The predicted octanol–water partition coefficient (Wildman–Crippen LogP) is 4.29. The van der Waals surface area contributed by atoms with Crippen LogP contribution < -0.4 is 10.1 Å². The maximum absolute atomic E-state index is 12.5. The van der Waals surface area contributed by atoms with Gasteiger partial charge in [0.05, 0.1) is 4.53 Å². The molecule has 7 heteroatoms. The van der Waals surface area contributed by atoms with Crippen molar-refractivity contribution in [2.75, 3.05) is 0 Å². The minimum absolute atomic E-state index is 0.163. The van der Waals surface area contributed by atoms with E-state index in [1.54, 1.807) is 6.08 Å². The van der Waals surface area contributed by atoms with Crippen LogP contribution in [-0.2, 0) is 0 Å². The van der Waals surface area contributed by atoms with E-state index in [1.807, 2.05) is 60.7 Å². The van der Waals surface area contributed by atoms with Gasteiger partial charge in [0.1, 0.15) is 0 Å². The van der Waals surface area contributed by atoms with Gasteiger partial charge in [-0.2, -0.15) is 9.50 Å². The van der Waals surface area contributed by atoms with Gasteiger partial charge in [0.15, 0.2) is 5.82 Å². The largest absolute Gasteiger partial charge is 0.291 e. The Morgan fingerprint density at radius 3 is 2.62 bits per heavy atom. The van der Waals surface area contributed by atoms with Gasteiger partial charge in [-0.15, -0.1) is 5.10 Å². The number of nitrogens with zero attached hydrogens (tertiary/aromatic N) is 3.